The van der Waals surface area contributed by atoms with Crippen molar-refractivity contribution in [2.75, 3.05) is 31.9 Å². The van der Waals surface area contributed by atoms with Crippen LogP contribution >= 0.6 is 0 Å². The Balaban J connectivity index is 2.29. The van der Waals surface area contributed by atoms with Gasteiger partial charge in [-0.05, 0) is 29.8 Å². The Labute approximate surface area is 147 Å². The monoisotopic (exact) mass is 342 g/mol. The van der Waals surface area contributed by atoms with E-state index in [0.29, 0.717) is 11.5 Å². The maximum absolute atomic E-state index is 11.6. The van der Waals surface area contributed by atoms with Crippen LogP contribution in [0.4, 0.5) is 11.4 Å². The lowest BCUT2D eigenvalue weighted by Crippen LogP contribution is -2.07. The Bertz CT molecular complexity index is 732. The zero-order chi connectivity index (χ0) is 18.2. The molecular formula is C19H22N2O4. The molecule has 0 aliphatic carbocycles. The van der Waals surface area contributed by atoms with Crippen LogP contribution in [0.15, 0.2) is 54.2 Å². The van der Waals surface area contributed by atoms with Gasteiger partial charge in [-0.3, -0.25) is 0 Å². The van der Waals surface area contributed by atoms with E-state index in [0.717, 1.165) is 16.9 Å². The lowest BCUT2D eigenvalue weighted by Gasteiger charge is -2.15. The topological polar surface area (TPSA) is 79.8 Å². The molecule has 3 N–H and O–H groups in total. The number of aliphatic carboxylic acids is 1. The highest BCUT2D eigenvalue weighted by Gasteiger charge is 2.14. The second-order valence-electron chi connectivity index (χ2n) is 5.29. The average molecular weight is 342 g/mol. The molecule has 0 spiro atoms. The van der Waals surface area contributed by atoms with Gasteiger partial charge in [0.05, 0.1) is 19.8 Å². The summed E-state index contributed by atoms with van der Waals surface area (Å²) in [6.07, 6.45) is 1.73. The summed E-state index contributed by atoms with van der Waals surface area (Å²) in [6, 6.07) is 13.0. The summed E-state index contributed by atoms with van der Waals surface area (Å²) in [5.74, 6) is 0.203. The van der Waals surface area contributed by atoms with E-state index in [4.69, 9.17) is 9.47 Å². The van der Waals surface area contributed by atoms with Gasteiger partial charge < -0.3 is 25.2 Å². The van der Waals surface area contributed by atoms with Crippen molar-refractivity contribution in [3.63, 3.8) is 0 Å². The number of hydrogen-bond acceptors (Lipinski definition) is 5. The molecule has 25 heavy (non-hydrogen) atoms. The Hall–Kier alpha value is -3.15. The normalized spacial score (nSPS) is 10.9. The number of anilines is 2. The molecule has 6 heteroatoms. The summed E-state index contributed by atoms with van der Waals surface area (Å²) in [4.78, 5) is 11.6. The molecule has 0 amide bonds. The highest BCUT2D eigenvalue weighted by atomic mass is 16.5. The molecule has 6 nitrogen and oxygen atoms in total. The van der Waals surface area contributed by atoms with Gasteiger partial charge in [0.25, 0.3) is 0 Å². The van der Waals surface area contributed by atoms with Gasteiger partial charge in [-0.15, -0.1) is 0 Å². The fraction of sp³-hybridized carbons (Fsp3) is 0.211. The van der Waals surface area contributed by atoms with E-state index in [2.05, 4.69) is 10.6 Å². The molecule has 2 rings (SSSR count). The van der Waals surface area contributed by atoms with Crippen molar-refractivity contribution in [1.82, 2.24) is 0 Å². The van der Waals surface area contributed by atoms with Crippen molar-refractivity contribution in [1.29, 1.82) is 0 Å². The first-order valence-electron chi connectivity index (χ1n) is 7.75. The zero-order valence-electron chi connectivity index (χ0n) is 14.5. The number of para-hydroxylation sites is 1. The minimum absolute atomic E-state index is 0.227. The highest BCUT2D eigenvalue weighted by molar-refractivity contribution is 5.87. The standard InChI is InChI=1S/C19H22N2O4/c1-20-18-16(24-2)10-13(11-17(18)25-3)9-14(19(22)23)12-21-15-7-5-4-6-8-15/h4-8,10-12,20-21H,9H2,1-3H3,(H,22,23). The largest absolute Gasteiger partial charge is 0.494 e. The van der Waals surface area contributed by atoms with E-state index < -0.39 is 5.97 Å². The van der Waals surface area contributed by atoms with E-state index in [1.54, 1.807) is 33.4 Å². The van der Waals surface area contributed by atoms with E-state index in [-0.39, 0.29) is 12.0 Å². The third kappa shape index (κ3) is 4.67. The molecule has 0 bridgehead atoms. The number of carbonyl (C=O) groups is 1. The summed E-state index contributed by atoms with van der Waals surface area (Å²) in [6.45, 7) is 0. The van der Waals surface area contributed by atoms with Crippen molar-refractivity contribution in [3.8, 4) is 11.5 Å². The van der Waals surface area contributed by atoms with Gasteiger partial charge >= 0.3 is 5.97 Å². The molecule has 132 valence electrons. The first-order valence-corrected chi connectivity index (χ1v) is 7.75. The molecule has 0 fully saturated rings. The smallest absolute Gasteiger partial charge is 0.333 e. The number of benzene rings is 2. The van der Waals surface area contributed by atoms with E-state index in [9.17, 15) is 9.90 Å². The van der Waals surface area contributed by atoms with Crippen LogP contribution in [-0.4, -0.2) is 32.3 Å². The SMILES string of the molecule is CNc1c(OC)cc(CC(=CNc2ccccc2)C(=O)O)cc1OC. The van der Waals surface area contributed by atoms with Crippen LogP contribution in [0.3, 0.4) is 0 Å². The number of ether oxygens (including phenoxy) is 2. The molecule has 0 unspecified atom stereocenters. The zero-order valence-corrected chi connectivity index (χ0v) is 14.5. The summed E-state index contributed by atoms with van der Waals surface area (Å²) < 4.78 is 10.7. The van der Waals surface area contributed by atoms with Gasteiger partial charge in [-0.1, -0.05) is 18.2 Å². The predicted molar refractivity (Wildman–Crippen MR) is 98.6 cm³/mol. The number of hydrogen-bond donors (Lipinski definition) is 3. The van der Waals surface area contributed by atoms with Crippen molar-refractivity contribution in [2.24, 2.45) is 0 Å². The van der Waals surface area contributed by atoms with Gasteiger partial charge in [0.2, 0.25) is 0 Å². The number of carboxylic acid groups (broad SMARTS) is 1. The fourth-order valence-electron chi connectivity index (χ4n) is 2.43. The van der Waals surface area contributed by atoms with E-state index >= 15 is 0 Å². The first kappa shape index (κ1) is 18.2. The maximum atomic E-state index is 11.6. The third-order valence-electron chi connectivity index (χ3n) is 3.67. The van der Waals surface area contributed by atoms with Gasteiger partial charge in [-0.2, -0.15) is 0 Å². The Kier molecular flexibility index (Phi) is 6.28. The molecule has 0 radical (unpaired) electrons. The third-order valence-corrected chi connectivity index (χ3v) is 3.67. The van der Waals surface area contributed by atoms with Gasteiger partial charge in [0.15, 0.2) is 0 Å². The molecular weight excluding hydrogens is 320 g/mol. The fourth-order valence-corrected chi connectivity index (χ4v) is 2.43. The second-order valence-corrected chi connectivity index (χ2v) is 5.29. The molecule has 0 aliphatic rings. The van der Waals surface area contributed by atoms with E-state index in [1.807, 2.05) is 30.3 Å². The summed E-state index contributed by atoms with van der Waals surface area (Å²) in [7, 11) is 4.89. The lowest BCUT2D eigenvalue weighted by molar-refractivity contribution is -0.132. The number of carboxylic acids is 1. The Morgan fingerprint density at radius 1 is 1.12 bits per heavy atom. The van der Waals surface area contributed by atoms with Crippen LogP contribution in [-0.2, 0) is 11.2 Å². The minimum Gasteiger partial charge on any atom is -0.494 e. The Morgan fingerprint density at radius 2 is 1.72 bits per heavy atom. The lowest BCUT2D eigenvalue weighted by atomic mass is 10.0. The first-order chi connectivity index (χ1) is 12.1. The summed E-state index contributed by atoms with van der Waals surface area (Å²) >= 11 is 0. The average Bonchev–Trinajstić information content (AvgIpc) is 2.64. The number of methoxy groups -OCH3 is 2. The van der Waals surface area contributed by atoms with Crippen LogP contribution in [0.1, 0.15) is 5.56 Å². The van der Waals surface area contributed by atoms with Gasteiger partial charge in [0, 0.05) is 25.4 Å². The summed E-state index contributed by atoms with van der Waals surface area (Å²) in [5.41, 5.74) is 2.54. The van der Waals surface area contributed by atoms with Crippen molar-refractivity contribution < 1.29 is 19.4 Å². The summed E-state index contributed by atoms with van der Waals surface area (Å²) in [5, 5.41) is 15.5. The van der Waals surface area contributed by atoms with Crippen molar-refractivity contribution in [2.45, 2.75) is 6.42 Å². The predicted octanol–water partition coefficient (Wildman–Crippen LogP) is 3.37. The molecule has 0 aromatic heterocycles. The van der Waals surface area contributed by atoms with Crippen LogP contribution in [0, 0.1) is 0 Å². The van der Waals surface area contributed by atoms with E-state index in [1.165, 1.54) is 6.20 Å². The van der Waals surface area contributed by atoms with Crippen LogP contribution in [0.5, 0.6) is 11.5 Å². The quantitative estimate of drug-likeness (QED) is 0.638. The molecule has 2 aromatic rings. The molecule has 0 heterocycles. The van der Waals surface area contributed by atoms with Crippen molar-refractivity contribution >= 4 is 17.3 Å². The van der Waals surface area contributed by atoms with Crippen LogP contribution < -0.4 is 20.1 Å². The maximum Gasteiger partial charge on any atom is 0.333 e. The number of rotatable bonds is 8. The van der Waals surface area contributed by atoms with Crippen molar-refractivity contribution in [3.05, 3.63) is 59.8 Å². The van der Waals surface area contributed by atoms with Gasteiger partial charge in [-0.25, -0.2) is 4.79 Å². The number of nitrogens with one attached hydrogen (secondary N) is 2. The molecule has 0 aliphatic heterocycles. The molecule has 0 saturated carbocycles. The Morgan fingerprint density at radius 3 is 2.20 bits per heavy atom. The minimum atomic E-state index is -0.987. The van der Waals surface area contributed by atoms with Crippen LogP contribution in [0.2, 0.25) is 0 Å². The highest BCUT2D eigenvalue weighted by Crippen LogP contribution is 2.36. The second kappa shape index (κ2) is 8.63. The molecule has 0 saturated heterocycles. The molecule has 2 aromatic carbocycles. The van der Waals surface area contributed by atoms with Gasteiger partial charge in [0.1, 0.15) is 17.2 Å². The molecule has 0 atom stereocenters. The van der Waals surface area contributed by atoms with Crippen LogP contribution in [0.25, 0.3) is 0 Å².